The van der Waals surface area contributed by atoms with Crippen LogP contribution in [0.4, 0.5) is 11.5 Å². The first-order valence-electron chi connectivity index (χ1n) is 19.5. The van der Waals surface area contributed by atoms with Crippen LogP contribution in [0, 0.1) is 11.8 Å². The lowest BCUT2D eigenvalue weighted by atomic mass is 9.59. The standard InChI is InChI=1S/C43H52ClN5O5/c1-28(27-54-37-14-20-45-36-10-4-7-29(2)40(36)37)23-31-24-30-12-13-34(53-22-6-11-39(50)47-38-15-21-46-49(38)3)26-35(30)42(31)16-18-43(19-17-42,41(51)52)48-33-9-5-8-32(44)25-33/h5,8-9,12-15,20-21,25-26,28-29,31,48H,4,6-7,10-11,16-19,22-24,27H2,1-3H3,(H,47,50)(H,51,52)/t28-,29-,31?,42?,43?/m1/s1. The van der Waals surface area contributed by atoms with Crippen molar-refractivity contribution < 1.29 is 24.2 Å². The normalized spacial score (nSPS) is 23.6. The fourth-order valence-corrected chi connectivity index (χ4v) is 9.48. The van der Waals surface area contributed by atoms with E-state index < -0.39 is 11.5 Å². The molecule has 1 unspecified atom stereocenters. The van der Waals surface area contributed by atoms with E-state index in [9.17, 15) is 14.7 Å². The first-order chi connectivity index (χ1) is 26.0. The van der Waals surface area contributed by atoms with Crippen molar-refractivity contribution in [3.05, 3.63) is 94.4 Å². The SMILES string of the molecule is C[C@@H](COc1ccnc2c1[C@H](C)CCC2)CC1Cc2ccc(OCCCC(=O)Nc3ccnn3C)cc2C12CCC(Nc1cccc(Cl)c1)(C(=O)O)CC2. The summed E-state index contributed by atoms with van der Waals surface area (Å²) in [5, 5.41) is 21.6. The summed E-state index contributed by atoms with van der Waals surface area (Å²) in [5.74, 6) is 2.54. The summed E-state index contributed by atoms with van der Waals surface area (Å²) in [6.45, 7) is 5.57. The van der Waals surface area contributed by atoms with E-state index >= 15 is 0 Å². The zero-order valence-electron chi connectivity index (χ0n) is 31.6. The summed E-state index contributed by atoms with van der Waals surface area (Å²) in [4.78, 5) is 30.2. The fourth-order valence-electron chi connectivity index (χ4n) is 9.29. The second kappa shape index (κ2) is 16.0. The monoisotopic (exact) mass is 753 g/mol. The lowest BCUT2D eigenvalue weighted by Crippen LogP contribution is -2.53. The van der Waals surface area contributed by atoms with Gasteiger partial charge in [-0.2, -0.15) is 5.10 Å². The Morgan fingerprint density at radius 3 is 2.67 bits per heavy atom. The molecule has 3 N–H and O–H groups in total. The second-order valence-corrected chi connectivity index (χ2v) is 16.3. The van der Waals surface area contributed by atoms with Crippen molar-refractivity contribution in [1.29, 1.82) is 0 Å². The first kappa shape index (κ1) is 37.7. The number of hydrogen-bond donors (Lipinski definition) is 3. The Morgan fingerprint density at radius 1 is 1.07 bits per heavy atom. The van der Waals surface area contributed by atoms with Gasteiger partial charge in [0.25, 0.3) is 0 Å². The van der Waals surface area contributed by atoms with Crippen LogP contribution in [0.2, 0.25) is 5.02 Å². The molecule has 2 heterocycles. The molecule has 0 radical (unpaired) electrons. The lowest BCUT2D eigenvalue weighted by molar-refractivity contribution is -0.144. The number of nitrogens with one attached hydrogen (secondary N) is 2. The van der Waals surface area contributed by atoms with Gasteiger partial charge in [-0.1, -0.05) is 37.6 Å². The van der Waals surface area contributed by atoms with E-state index in [1.54, 1.807) is 36.1 Å². The van der Waals surface area contributed by atoms with Crippen molar-refractivity contribution in [3.63, 3.8) is 0 Å². The highest BCUT2D eigenvalue weighted by Crippen LogP contribution is 2.57. The number of pyridine rings is 1. The minimum atomic E-state index is -1.10. The minimum Gasteiger partial charge on any atom is -0.494 e. The number of carbonyl (C=O) groups is 2. The summed E-state index contributed by atoms with van der Waals surface area (Å²) in [6.07, 6.45) is 12.1. The van der Waals surface area contributed by atoms with Crippen LogP contribution < -0.4 is 20.1 Å². The lowest BCUT2D eigenvalue weighted by Gasteiger charge is -2.47. The molecule has 54 heavy (non-hydrogen) atoms. The zero-order valence-corrected chi connectivity index (χ0v) is 32.3. The quantitative estimate of drug-likeness (QED) is 0.109. The van der Waals surface area contributed by atoms with Gasteiger partial charge in [0.15, 0.2) is 0 Å². The van der Waals surface area contributed by atoms with Crippen molar-refractivity contribution in [2.24, 2.45) is 18.9 Å². The number of halogens is 1. The molecular formula is C43H52ClN5O5. The molecule has 1 fully saturated rings. The average Bonchev–Trinajstić information content (AvgIpc) is 3.69. The third-order valence-electron chi connectivity index (χ3n) is 12.2. The van der Waals surface area contributed by atoms with E-state index in [1.807, 2.05) is 30.5 Å². The number of aryl methyl sites for hydroxylation is 2. The van der Waals surface area contributed by atoms with Crippen LogP contribution in [0.5, 0.6) is 11.5 Å². The number of rotatable bonds is 14. The predicted molar refractivity (Wildman–Crippen MR) is 211 cm³/mol. The Morgan fingerprint density at radius 2 is 1.91 bits per heavy atom. The van der Waals surface area contributed by atoms with Gasteiger partial charge in [0.05, 0.1) is 19.4 Å². The molecule has 3 aliphatic rings. The highest BCUT2D eigenvalue weighted by molar-refractivity contribution is 6.30. The molecule has 3 aliphatic carbocycles. The Hall–Kier alpha value is -4.57. The van der Waals surface area contributed by atoms with Crippen LogP contribution in [-0.2, 0) is 34.9 Å². The van der Waals surface area contributed by atoms with Gasteiger partial charge >= 0.3 is 5.97 Å². The molecule has 10 nitrogen and oxygen atoms in total. The molecule has 2 aromatic heterocycles. The number of hydrogen-bond acceptors (Lipinski definition) is 7. The van der Waals surface area contributed by atoms with E-state index in [0.717, 1.165) is 50.0 Å². The zero-order chi connectivity index (χ0) is 37.9. The highest BCUT2D eigenvalue weighted by atomic mass is 35.5. The van der Waals surface area contributed by atoms with E-state index in [0.29, 0.717) is 67.3 Å². The van der Waals surface area contributed by atoms with Crippen molar-refractivity contribution in [1.82, 2.24) is 14.8 Å². The Labute approximate surface area is 323 Å². The number of amides is 1. The summed E-state index contributed by atoms with van der Waals surface area (Å²) >= 11 is 6.29. The Bertz CT molecular complexity index is 1970. The third-order valence-corrected chi connectivity index (χ3v) is 12.4. The van der Waals surface area contributed by atoms with Gasteiger partial charge in [0.1, 0.15) is 22.9 Å². The van der Waals surface area contributed by atoms with Crippen LogP contribution >= 0.6 is 11.6 Å². The number of carboxylic acids is 1. The van der Waals surface area contributed by atoms with Gasteiger partial charge in [0.2, 0.25) is 5.91 Å². The fraction of sp³-hybridized carbons (Fsp3) is 0.488. The minimum absolute atomic E-state index is 0.0788. The summed E-state index contributed by atoms with van der Waals surface area (Å²) < 4.78 is 14.5. The number of nitrogens with zero attached hydrogens (tertiary/aromatic N) is 3. The van der Waals surface area contributed by atoms with Crippen molar-refractivity contribution >= 4 is 35.0 Å². The van der Waals surface area contributed by atoms with Crippen molar-refractivity contribution in [3.8, 4) is 11.5 Å². The molecule has 2 aromatic carbocycles. The maximum Gasteiger partial charge on any atom is 0.329 e. The third kappa shape index (κ3) is 7.95. The number of anilines is 2. The number of carbonyl (C=O) groups excluding carboxylic acids is 1. The number of benzene rings is 2. The topological polar surface area (TPSA) is 128 Å². The van der Waals surface area contributed by atoms with E-state index in [4.69, 9.17) is 21.1 Å². The first-order valence-corrected chi connectivity index (χ1v) is 19.8. The Balaban J connectivity index is 1.07. The van der Waals surface area contributed by atoms with Gasteiger partial charge in [-0.05, 0) is 135 Å². The van der Waals surface area contributed by atoms with Crippen LogP contribution in [0.15, 0.2) is 67.0 Å². The Kier molecular flexibility index (Phi) is 11.2. The van der Waals surface area contributed by atoms with Gasteiger partial charge in [0, 0.05) is 47.7 Å². The molecular weight excluding hydrogens is 702 g/mol. The predicted octanol–water partition coefficient (Wildman–Crippen LogP) is 8.73. The van der Waals surface area contributed by atoms with Crippen LogP contribution in [0.1, 0.15) is 99.9 Å². The maximum absolute atomic E-state index is 13.0. The number of aliphatic carboxylic acids is 1. The molecule has 1 amide bonds. The number of aromatic nitrogens is 3. The van der Waals surface area contributed by atoms with Crippen LogP contribution in [0.3, 0.4) is 0 Å². The molecule has 1 spiro atoms. The van der Waals surface area contributed by atoms with Gasteiger partial charge in [-0.3, -0.25) is 14.5 Å². The van der Waals surface area contributed by atoms with E-state index in [-0.39, 0.29) is 17.2 Å². The molecule has 4 aromatic rings. The molecule has 286 valence electrons. The smallest absolute Gasteiger partial charge is 0.329 e. The molecule has 3 atom stereocenters. The summed E-state index contributed by atoms with van der Waals surface area (Å²) in [5.41, 5.74) is 4.43. The van der Waals surface area contributed by atoms with Crippen LogP contribution in [0.25, 0.3) is 0 Å². The van der Waals surface area contributed by atoms with E-state index in [2.05, 4.69) is 46.7 Å². The average molecular weight is 754 g/mol. The molecule has 0 bridgehead atoms. The van der Waals surface area contributed by atoms with Gasteiger partial charge < -0.3 is 25.2 Å². The molecule has 11 heteroatoms. The molecule has 0 aliphatic heterocycles. The summed E-state index contributed by atoms with van der Waals surface area (Å²) in [6, 6.07) is 17.5. The maximum atomic E-state index is 13.0. The van der Waals surface area contributed by atoms with Gasteiger partial charge in [-0.25, -0.2) is 4.79 Å². The van der Waals surface area contributed by atoms with Crippen molar-refractivity contribution in [2.75, 3.05) is 23.8 Å². The number of fused-ring (bicyclic) bond motifs is 3. The molecule has 0 saturated heterocycles. The molecule has 7 rings (SSSR count). The number of carboxylic acid groups (broad SMARTS) is 1. The molecule has 1 saturated carbocycles. The highest BCUT2D eigenvalue weighted by Gasteiger charge is 2.54. The van der Waals surface area contributed by atoms with E-state index in [1.165, 1.54) is 28.8 Å². The second-order valence-electron chi connectivity index (χ2n) is 15.9. The largest absolute Gasteiger partial charge is 0.494 e. The van der Waals surface area contributed by atoms with Crippen molar-refractivity contribution in [2.45, 2.75) is 101 Å². The van der Waals surface area contributed by atoms with Gasteiger partial charge in [-0.15, -0.1) is 0 Å². The number of ether oxygens (including phenoxy) is 2. The van der Waals surface area contributed by atoms with Crippen LogP contribution in [-0.4, -0.2) is 50.5 Å². The summed E-state index contributed by atoms with van der Waals surface area (Å²) in [7, 11) is 1.79.